The fourth-order valence-corrected chi connectivity index (χ4v) is 1.94. The van der Waals surface area contributed by atoms with Crippen LogP contribution in [-0.4, -0.2) is 32.0 Å². The van der Waals surface area contributed by atoms with E-state index < -0.39 is 10.5 Å². The number of anilines is 1. The van der Waals surface area contributed by atoms with Crippen LogP contribution in [0.25, 0.3) is 0 Å². The molecule has 0 saturated heterocycles. The van der Waals surface area contributed by atoms with Gasteiger partial charge in [0, 0.05) is 13.6 Å². The quantitative estimate of drug-likeness (QED) is 0.582. The molecule has 108 valence electrons. The molecule has 1 aromatic heterocycles. The summed E-state index contributed by atoms with van der Waals surface area (Å²) in [6, 6.07) is 0. The molecule has 0 aliphatic carbocycles. The van der Waals surface area contributed by atoms with E-state index in [1.807, 2.05) is 20.8 Å². The third-order valence-corrected chi connectivity index (χ3v) is 3.51. The average Bonchev–Trinajstić information content (AvgIpc) is 2.72. The van der Waals surface area contributed by atoms with Crippen molar-refractivity contribution in [2.75, 3.05) is 11.9 Å². The topological polar surface area (TPSA) is 93.2 Å². The van der Waals surface area contributed by atoms with E-state index in [-0.39, 0.29) is 12.2 Å². The SMILES string of the molecule is CCc1nn(C)c(NCC(O)(CC)CC)c1[N+](=O)[O-]. The Bertz CT molecular complexity index is 452. The zero-order chi connectivity index (χ0) is 14.6. The highest BCUT2D eigenvalue weighted by molar-refractivity contribution is 5.60. The predicted octanol–water partition coefficient (Wildman–Crippen LogP) is 1.85. The Kier molecular flexibility index (Phi) is 4.88. The molecule has 1 rings (SSSR count). The predicted molar refractivity (Wildman–Crippen MR) is 73.3 cm³/mol. The third kappa shape index (κ3) is 3.23. The van der Waals surface area contributed by atoms with Gasteiger partial charge in [-0.2, -0.15) is 5.10 Å². The monoisotopic (exact) mass is 270 g/mol. The molecular weight excluding hydrogens is 248 g/mol. The lowest BCUT2D eigenvalue weighted by Crippen LogP contribution is -2.35. The van der Waals surface area contributed by atoms with E-state index in [0.29, 0.717) is 30.8 Å². The molecule has 0 radical (unpaired) electrons. The fraction of sp³-hybridized carbons (Fsp3) is 0.750. The van der Waals surface area contributed by atoms with E-state index in [9.17, 15) is 15.2 Å². The highest BCUT2D eigenvalue weighted by Crippen LogP contribution is 2.29. The van der Waals surface area contributed by atoms with E-state index in [0.717, 1.165) is 0 Å². The van der Waals surface area contributed by atoms with Gasteiger partial charge in [-0.15, -0.1) is 0 Å². The summed E-state index contributed by atoms with van der Waals surface area (Å²) < 4.78 is 1.46. The maximum atomic E-state index is 11.1. The van der Waals surface area contributed by atoms with Gasteiger partial charge in [-0.25, -0.2) is 4.68 Å². The molecule has 7 nitrogen and oxygen atoms in total. The third-order valence-electron chi connectivity index (χ3n) is 3.51. The second-order valence-corrected chi connectivity index (χ2v) is 4.66. The van der Waals surface area contributed by atoms with Crippen LogP contribution in [0.5, 0.6) is 0 Å². The standard InChI is InChI=1S/C12H22N4O3/c1-5-9-10(16(18)19)11(15(4)14-9)13-8-12(17,6-2)7-3/h13,17H,5-8H2,1-4H3. The van der Waals surface area contributed by atoms with Crippen molar-refractivity contribution >= 4 is 11.5 Å². The number of hydrogen-bond donors (Lipinski definition) is 2. The first-order chi connectivity index (χ1) is 8.88. The minimum Gasteiger partial charge on any atom is -0.388 e. The Balaban J connectivity index is 3.01. The van der Waals surface area contributed by atoms with E-state index in [1.165, 1.54) is 4.68 Å². The molecule has 0 unspecified atom stereocenters. The van der Waals surface area contributed by atoms with Gasteiger partial charge in [0.15, 0.2) is 0 Å². The van der Waals surface area contributed by atoms with Crippen LogP contribution in [0, 0.1) is 10.1 Å². The van der Waals surface area contributed by atoms with Gasteiger partial charge in [-0.1, -0.05) is 20.8 Å². The number of rotatable bonds is 7. The van der Waals surface area contributed by atoms with E-state index in [4.69, 9.17) is 0 Å². The number of nitro groups is 1. The lowest BCUT2D eigenvalue weighted by atomic mass is 9.98. The van der Waals surface area contributed by atoms with Crippen molar-refractivity contribution in [3.8, 4) is 0 Å². The Morgan fingerprint density at radius 3 is 2.42 bits per heavy atom. The van der Waals surface area contributed by atoms with Crippen molar-refractivity contribution in [3.63, 3.8) is 0 Å². The maximum Gasteiger partial charge on any atom is 0.333 e. The van der Waals surface area contributed by atoms with Crippen LogP contribution in [0.2, 0.25) is 0 Å². The second-order valence-electron chi connectivity index (χ2n) is 4.66. The summed E-state index contributed by atoms with van der Waals surface area (Å²) in [7, 11) is 1.66. The van der Waals surface area contributed by atoms with Gasteiger partial charge in [-0.3, -0.25) is 10.1 Å². The maximum absolute atomic E-state index is 11.1. The number of nitrogens with zero attached hydrogens (tertiary/aromatic N) is 3. The first-order valence-corrected chi connectivity index (χ1v) is 6.55. The minimum absolute atomic E-state index is 0.000411. The van der Waals surface area contributed by atoms with Crippen molar-refractivity contribution in [2.45, 2.75) is 45.6 Å². The smallest absolute Gasteiger partial charge is 0.333 e. The molecule has 0 amide bonds. The summed E-state index contributed by atoms with van der Waals surface area (Å²) in [5.41, 5.74) is -0.407. The van der Waals surface area contributed by atoms with Crippen LogP contribution in [0.4, 0.5) is 11.5 Å². The van der Waals surface area contributed by atoms with E-state index in [2.05, 4.69) is 10.4 Å². The van der Waals surface area contributed by atoms with Crippen LogP contribution in [-0.2, 0) is 13.5 Å². The number of hydrogen-bond acceptors (Lipinski definition) is 5. The first-order valence-electron chi connectivity index (χ1n) is 6.55. The minimum atomic E-state index is -0.857. The molecule has 0 bridgehead atoms. The van der Waals surface area contributed by atoms with Crippen molar-refractivity contribution in [1.29, 1.82) is 0 Å². The lowest BCUT2D eigenvalue weighted by molar-refractivity contribution is -0.384. The van der Waals surface area contributed by atoms with Gasteiger partial charge >= 0.3 is 5.69 Å². The molecule has 0 atom stereocenters. The van der Waals surface area contributed by atoms with Gasteiger partial charge in [0.05, 0.1) is 10.5 Å². The van der Waals surface area contributed by atoms with Crippen LogP contribution >= 0.6 is 0 Å². The zero-order valence-corrected chi connectivity index (χ0v) is 11.9. The molecule has 19 heavy (non-hydrogen) atoms. The molecular formula is C12H22N4O3. The van der Waals surface area contributed by atoms with Gasteiger partial charge < -0.3 is 10.4 Å². The normalized spacial score (nSPS) is 11.6. The Morgan fingerprint density at radius 2 is 2.00 bits per heavy atom. The van der Waals surface area contributed by atoms with Crippen molar-refractivity contribution in [3.05, 3.63) is 15.8 Å². The molecule has 7 heteroatoms. The van der Waals surface area contributed by atoms with Gasteiger partial charge in [0.1, 0.15) is 5.69 Å². The van der Waals surface area contributed by atoms with Crippen LogP contribution in [0.1, 0.15) is 39.3 Å². The molecule has 0 aliphatic heterocycles. The van der Waals surface area contributed by atoms with Crippen molar-refractivity contribution in [2.24, 2.45) is 7.05 Å². The number of aliphatic hydroxyl groups is 1. The van der Waals surface area contributed by atoms with Crippen molar-refractivity contribution in [1.82, 2.24) is 9.78 Å². The summed E-state index contributed by atoms with van der Waals surface area (Å²) >= 11 is 0. The zero-order valence-electron chi connectivity index (χ0n) is 11.9. The molecule has 1 aromatic rings. The van der Waals surface area contributed by atoms with Crippen LogP contribution < -0.4 is 5.32 Å². The van der Waals surface area contributed by atoms with Gasteiger partial charge in [-0.05, 0) is 19.3 Å². The Hall–Kier alpha value is -1.63. The van der Waals surface area contributed by atoms with E-state index >= 15 is 0 Å². The van der Waals surface area contributed by atoms with Crippen LogP contribution in [0.3, 0.4) is 0 Å². The molecule has 2 N–H and O–H groups in total. The molecule has 0 aromatic carbocycles. The number of nitrogens with one attached hydrogen (secondary N) is 1. The largest absolute Gasteiger partial charge is 0.388 e. The summed E-state index contributed by atoms with van der Waals surface area (Å²) in [4.78, 5) is 10.7. The highest BCUT2D eigenvalue weighted by Gasteiger charge is 2.28. The number of aromatic nitrogens is 2. The molecule has 1 heterocycles. The Labute approximate surface area is 112 Å². The van der Waals surface area contributed by atoms with Gasteiger partial charge in [0.25, 0.3) is 0 Å². The first kappa shape index (κ1) is 15.4. The number of aryl methyl sites for hydroxylation is 2. The molecule has 0 fully saturated rings. The summed E-state index contributed by atoms with van der Waals surface area (Å²) in [6.07, 6.45) is 1.67. The Morgan fingerprint density at radius 1 is 1.42 bits per heavy atom. The highest BCUT2D eigenvalue weighted by atomic mass is 16.6. The summed E-state index contributed by atoms with van der Waals surface area (Å²) in [5.74, 6) is 0.349. The summed E-state index contributed by atoms with van der Waals surface area (Å²) in [5, 5.41) is 28.4. The van der Waals surface area contributed by atoms with Crippen LogP contribution in [0.15, 0.2) is 0 Å². The molecule has 0 spiro atoms. The molecule has 0 aliphatic rings. The van der Waals surface area contributed by atoms with Crippen molar-refractivity contribution < 1.29 is 10.0 Å². The summed E-state index contributed by atoms with van der Waals surface area (Å²) in [6.45, 7) is 5.87. The van der Waals surface area contributed by atoms with E-state index in [1.54, 1.807) is 7.05 Å². The average molecular weight is 270 g/mol. The lowest BCUT2D eigenvalue weighted by Gasteiger charge is -2.25. The fourth-order valence-electron chi connectivity index (χ4n) is 1.94. The van der Waals surface area contributed by atoms with Gasteiger partial charge in [0.2, 0.25) is 5.82 Å². The second kappa shape index (κ2) is 6.01. The molecule has 0 saturated carbocycles.